The number of hydrogen-bond donors (Lipinski definition) is 3. The summed E-state index contributed by atoms with van der Waals surface area (Å²) in [6.45, 7) is 7.45. The normalized spacial score (nSPS) is 12.6. The first kappa shape index (κ1) is 13.2. The Morgan fingerprint density at radius 1 is 1.36 bits per heavy atom. The highest BCUT2D eigenvalue weighted by Gasteiger charge is 2.08. The summed E-state index contributed by atoms with van der Waals surface area (Å²) in [5.74, 6) is 0.394. The second kappa shape index (κ2) is 7.62. The van der Waals surface area contributed by atoms with Crippen LogP contribution in [0.4, 0.5) is 4.79 Å². The maximum absolute atomic E-state index is 11.2. The van der Waals surface area contributed by atoms with Crippen molar-refractivity contribution < 1.29 is 4.79 Å². The lowest BCUT2D eigenvalue weighted by Gasteiger charge is -2.16. The third kappa shape index (κ3) is 6.71. The van der Waals surface area contributed by atoms with Gasteiger partial charge in [-0.1, -0.05) is 27.2 Å². The Morgan fingerprint density at radius 2 is 2.00 bits per heavy atom. The molecule has 0 radical (unpaired) electrons. The summed E-state index contributed by atoms with van der Waals surface area (Å²) in [6.07, 6.45) is 2.11. The Kier molecular flexibility index (Phi) is 7.20. The summed E-state index contributed by atoms with van der Waals surface area (Å²) < 4.78 is 0. The van der Waals surface area contributed by atoms with Crippen LogP contribution < -0.4 is 16.4 Å². The van der Waals surface area contributed by atoms with Gasteiger partial charge >= 0.3 is 6.03 Å². The van der Waals surface area contributed by atoms with Gasteiger partial charge in [-0.2, -0.15) is 0 Å². The van der Waals surface area contributed by atoms with Gasteiger partial charge < -0.3 is 16.4 Å². The zero-order valence-electron chi connectivity index (χ0n) is 9.47. The predicted octanol–water partition coefficient (Wildman–Crippen LogP) is 1.07. The topological polar surface area (TPSA) is 67.2 Å². The fourth-order valence-corrected chi connectivity index (χ4v) is 0.887. The highest BCUT2D eigenvalue weighted by molar-refractivity contribution is 5.73. The molecule has 14 heavy (non-hydrogen) atoms. The van der Waals surface area contributed by atoms with Crippen LogP contribution in [0.25, 0.3) is 0 Å². The van der Waals surface area contributed by atoms with Gasteiger partial charge in [-0.05, 0) is 12.3 Å². The summed E-state index contributed by atoms with van der Waals surface area (Å²) in [6, 6.07) is -0.0820. The average Bonchev–Trinajstić information content (AvgIpc) is 2.14. The van der Waals surface area contributed by atoms with Gasteiger partial charge in [0.05, 0.1) is 0 Å². The van der Waals surface area contributed by atoms with Gasteiger partial charge in [-0.15, -0.1) is 0 Å². The Balaban J connectivity index is 3.44. The maximum atomic E-state index is 11.2. The molecule has 4 heteroatoms. The van der Waals surface area contributed by atoms with Crippen molar-refractivity contribution in [2.24, 2.45) is 11.7 Å². The van der Waals surface area contributed by atoms with Gasteiger partial charge in [0.25, 0.3) is 0 Å². The van der Waals surface area contributed by atoms with Gasteiger partial charge in [0.2, 0.25) is 0 Å². The molecular weight excluding hydrogens is 178 g/mol. The number of carbonyl (C=O) groups is 1. The van der Waals surface area contributed by atoms with E-state index in [0.29, 0.717) is 12.5 Å². The standard InChI is InChI=1S/C10H23N3O/c1-4-5-6-12-10(14)13-7-9(11)8(2)3/h8-9H,4-7,11H2,1-3H3,(H2,12,13,14). The van der Waals surface area contributed by atoms with Crippen LogP contribution >= 0.6 is 0 Å². The van der Waals surface area contributed by atoms with Crippen LogP contribution in [0.15, 0.2) is 0 Å². The fourth-order valence-electron chi connectivity index (χ4n) is 0.887. The lowest BCUT2D eigenvalue weighted by Crippen LogP contribution is -2.44. The highest BCUT2D eigenvalue weighted by Crippen LogP contribution is 1.95. The summed E-state index contributed by atoms with van der Waals surface area (Å²) >= 11 is 0. The number of nitrogens with two attached hydrogens (primary N) is 1. The molecule has 0 aromatic heterocycles. The van der Waals surface area contributed by atoms with E-state index in [2.05, 4.69) is 17.6 Å². The second-order valence-electron chi connectivity index (χ2n) is 3.90. The molecule has 1 unspecified atom stereocenters. The lowest BCUT2D eigenvalue weighted by atomic mass is 10.1. The van der Waals surface area contributed by atoms with Crippen LogP contribution in [0, 0.1) is 5.92 Å². The van der Waals surface area contributed by atoms with Crippen LogP contribution in [0.5, 0.6) is 0 Å². The fraction of sp³-hybridized carbons (Fsp3) is 0.900. The minimum absolute atomic E-state index is 0.0342. The molecular formula is C10H23N3O. The molecule has 0 fully saturated rings. The zero-order valence-corrected chi connectivity index (χ0v) is 9.47. The average molecular weight is 201 g/mol. The van der Waals surface area contributed by atoms with Crippen molar-refractivity contribution in [3.8, 4) is 0 Å². The summed E-state index contributed by atoms with van der Waals surface area (Å²) in [4.78, 5) is 11.2. The van der Waals surface area contributed by atoms with Gasteiger partial charge in [0.15, 0.2) is 0 Å². The number of rotatable bonds is 6. The van der Waals surface area contributed by atoms with Gasteiger partial charge in [0.1, 0.15) is 0 Å². The summed E-state index contributed by atoms with van der Waals surface area (Å²) in [7, 11) is 0. The molecule has 0 aromatic rings. The molecule has 0 aliphatic carbocycles. The van der Waals surface area contributed by atoms with Crippen LogP contribution in [0.1, 0.15) is 33.6 Å². The Hall–Kier alpha value is -0.770. The van der Waals surface area contributed by atoms with Crippen molar-refractivity contribution in [2.75, 3.05) is 13.1 Å². The molecule has 0 aromatic carbocycles. The first-order valence-corrected chi connectivity index (χ1v) is 5.35. The van der Waals surface area contributed by atoms with Crippen molar-refractivity contribution in [1.82, 2.24) is 10.6 Å². The van der Waals surface area contributed by atoms with E-state index in [1.807, 2.05) is 13.8 Å². The van der Waals surface area contributed by atoms with E-state index in [-0.39, 0.29) is 12.1 Å². The molecule has 0 bridgehead atoms. The predicted molar refractivity (Wildman–Crippen MR) is 59.1 cm³/mol. The quantitative estimate of drug-likeness (QED) is 0.563. The van der Waals surface area contributed by atoms with Crippen molar-refractivity contribution in [1.29, 1.82) is 0 Å². The SMILES string of the molecule is CCCCNC(=O)NCC(N)C(C)C. The van der Waals surface area contributed by atoms with E-state index in [1.54, 1.807) is 0 Å². The number of hydrogen-bond acceptors (Lipinski definition) is 2. The summed E-state index contributed by atoms with van der Waals surface area (Å²) in [5, 5.41) is 5.52. The lowest BCUT2D eigenvalue weighted by molar-refractivity contribution is 0.239. The van der Waals surface area contributed by atoms with Crippen LogP contribution in [0.3, 0.4) is 0 Å². The molecule has 0 saturated carbocycles. The van der Waals surface area contributed by atoms with Crippen LogP contribution in [0.2, 0.25) is 0 Å². The van der Waals surface area contributed by atoms with Gasteiger partial charge in [-0.25, -0.2) is 4.79 Å². The molecule has 0 saturated heterocycles. The number of amides is 2. The van der Waals surface area contributed by atoms with Crippen LogP contribution in [-0.4, -0.2) is 25.2 Å². The maximum Gasteiger partial charge on any atom is 0.314 e. The smallest absolute Gasteiger partial charge is 0.314 e. The molecule has 4 nitrogen and oxygen atoms in total. The molecule has 0 aliphatic rings. The molecule has 2 amide bonds. The van der Waals surface area contributed by atoms with Crippen molar-refractivity contribution >= 4 is 6.03 Å². The Labute approximate surface area is 86.6 Å². The van der Waals surface area contributed by atoms with E-state index >= 15 is 0 Å². The minimum Gasteiger partial charge on any atom is -0.338 e. The molecule has 0 rings (SSSR count). The first-order chi connectivity index (χ1) is 6.57. The van der Waals surface area contributed by atoms with Crippen LogP contribution in [-0.2, 0) is 0 Å². The minimum atomic E-state index is -0.116. The molecule has 84 valence electrons. The van der Waals surface area contributed by atoms with Crippen molar-refractivity contribution in [3.63, 3.8) is 0 Å². The van der Waals surface area contributed by atoms with Crippen molar-refractivity contribution in [3.05, 3.63) is 0 Å². The van der Waals surface area contributed by atoms with E-state index in [0.717, 1.165) is 19.4 Å². The molecule has 1 atom stereocenters. The third-order valence-electron chi connectivity index (χ3n) is 2.17. The first-order valence-electron chi connectivity index (χ1n) is 5.35. The summed E-state index contributed by atoms with van der Waals surface area (Å²) in [5.41, 5.74) is 5.78. The number of urea groups is 1. The molecule has 0 heterocycles. The van der Waals surface area contributed by atoms with Gasteiger partial charge in [0, 0.05) is 19.1 Å². The number of nitrogens with one attached hydrogen (secondary N) is 2. The van der Waals surface area contributed by atoms with Crippen molar-refractivity contribution in [2.45, 2.75) is 39.7 Å². The zero-order chi connectivity index (χ0) is 11.0. The molecule has 4 N–H and O–H groups in total. The molecule has 0 aliphatic heterocycles. The Morgan fingerprint density at radius 3 is 2.50 bits per heavy atom. The number of carbonyl (C=O) groups excluding carboxylic acids is 1. The van der Waals surface area contributed by atoms with E-state index in [4.69, 9.17) is 5.73 Å². The third-order valence-corrected chi connectivity index (χ3v) is 2.17. The largest absolute Gasteiger partial charge is 0.338 e. The molecule has 0 spiro atoms. The van der Waals surface area contributed by atoms with Gasteiger partial charge in [-0.3, -0.25) is 0 Å². The highest BCUT2D eigenvalue weighted by atomic mass is 16.2. The second-order valence-corrected chi connectivity index (χ2v) is 3.90. The number of unbranched alkanes of at least 4 members (excludes halogenated alkanes) is 1. The monoisotopic (exact) mass is 201 g/mol. The van der Waals surface area contributed by atoms with E-state index in [1.165, 1.54) is 0 Å². The Bertz CT molecular complexity index is 159. The van der Waals surface area contributed by atoms with E-state index in [9.17, 15) is 4.79 Å². The van der Waals surface area contributed by atoms with E-state index < -0.39 is 0 Å².